The predicted molar refractivity (Wildman–Crippen MR) is 125 cm³/mol. The Kier molecular flexibility index (Phi) is 2.80. The van der Waals surface area contributed by atoms with Crippen LogP contribution in [0.2, 0.25) is 0 Å². The summed E-state index contributed by atoms with van der Waals surface area (Å²) in [5.41, 5.74) is 4.95. The summed E-state index contributed by atoms with van der Waals surface area (Å²) in [6.45, 7) is 0. The molecule has 0 radical (unpaired) electrons. The summed E-state index contributed by atoms with van der Waals surface area (Å²) >= 11 is 0. The summed E-state index contributed by atoms with van der Waals surface area (Å²) < 4.78 is 0. The van der Waals surface area contributed by atoms with Gasteiger partial charge in [-0.1, -0.05) is 91.0 Å². The SMILES string of the molecule is c1cc2ccc3ccc(-c4cccc5c4[nH]c4ccccc45)c4ccc(c1)c2c34. The maximum Gasteiger partial charge on any atom is 0.0544 e. The lowest BCUT2D eigenvalue weighted by molar-refractivity contribution is 1.54. The van der Waals surface area contributed by atoms with Gasteiger partial charge in [0.1, 0.15) is 0 Å². The summed E-state index contributed by atoms with van der Waals surface area (Å²) in [7, 11) is 0. The Labute approximate surface area is 167 Å². The van der Waals surface area contributed by atoms with E-state index < -0.39 is 0 Å². The third-order valence-electron chi connectivity index (χ3n) is 6.36. The Morgan fingerprint density at radius 2 is 1.10 bits per heavy atom. The molecule has 1 aromatic heterocycles. The predicted octanol–water partition coefficient (Wildman–Crippen LogP) is 7.89. The number of hydrogen-bond acceptors (Lipinski definition) is 0. The first-order valence-electron chi connectivity index (χ1n) is 10.0. The highest BCUT2D eigenvalue weighted by atomic mass is 14.7. The number of H-pyrrole nitrogens is 1. The number of aromatic amines is 1. The van der Waals surface area contributed by atoms with Crippen molar-refractivity contribution < 1.29 is 0 Å². The van der Waals surface area contributed by atoms with Gasteiger partial charge >= 0.3 is 0 Å². The number of nitrogens with one attached hydrogen (secondary N) is 1. The van der Waals surface area contributed by atoms with Gasteiger partial charge in [0.25, 0.3) is 0 Å². The molecule has 7 rings (SSSR count). The average Bonchev–Trinajstić information content (AvgIpc) is 3.16. The van der Waals surface area contributed by atoms with E-state index in [1.54, 1.807) is 0 Å². The Hall–Kier alpha value is -3.84. The van der Waals surface area contributed by atoms with Crippen LogP contribution < -0.4 is 0 Å². The van der Waals surface area contributed by atoms with Crippen molar-refractivity contribution in [3.63, 3.8) is 0 Å². The molecule has 1 heterocycles. The van der Waals surface area contributed by atoms with Crippen LogP contribution in [0, 0.1) is 0 Å². The molecule has 1 nitrogen and oxygen atoms in total. The minimum atomic E-state index is 1.19. The van der Waals surface area contributed by atoms with Crippen LogP contribution in [0.5, 0.6) is 0 Å². The number of rotatable bonds is 1. The van der Waals surface area contributed by atoms with Crippen molar-refractivity contribution in [3.05, 3.63) is 97.1 Å². The largest absolute Gasteiger partial charge is 0.354 e. The Morgan fingerprint density at radius 1 is 0.414 bits per heavy atom. The second kappa shape index (κ2) is 5.36. The van der Waals surface area contributed by atoms with E-state index in [1.165, 1.54) is 65.3 Å². The molecule has 1 N–H and O–H groups in total. The van der Waals surface area contributed by atoms with Crippen LogP contribution in [-0.2, 0) is 0 Å². The minimum absolute atomic E-state index is 1.19. The first-order valence-corrected chi connectivity index (χ1v) is 10.0. The van der Waals surface area contributed by atoms with Crippen LogP contribution >= 0.6 is 0 Å². The van der Waals surface area contributed by atoms with Crippen molar-refractivity contribution in [3.8, 4) is 11.1 Å². The molecule has 0 atom stereocenters. The molecule has 7 aromatic rings. The quantitative estimate of drug-likeness (QED) is 0.284. The number of benzene rings is 6. The standard InChI is InChI=1S/C28H17N/c1-2-10-25-21(7-1)24-9-4-8-23(28(24)29-25)20-15-13-19-12-11-17-5-3-6-18-14-16-22(20)27(19)26(17)18/h1-16,29H. The van der Waals surface area contributed by atoms with Crippen LogP contribution in [-0.4, -0.2) is 4.98 Å². The zero-order chi connectivity index (χ0) is 18.9. The maximum atomic E-state index is 3.67. The molecule has 0 aliphatic carbocycles. The molecule has 0 saturated carbocycles. The van der Waals surface area contributed by atoms with Gasteiger partial charge in [0, 0.05) is 21.9 Å². The molecule has 134 valence electrons. The van der Waals surface area contributed by atoms with Crippen molar-refractivity contribution in [1.29, 1.82) is 0 Å². The molecule has 0 aliphatic rings. The molecular weight excluding hydrogens is 350 g/mol. The van der Waals surface area contributed by atoms with Crippen molar-refractivity contribution in [2.45, 2.75) is 0 Å². The van der Waals surface area contributed by atoms with E-state index in [4.69, 9.17) is 0 Å². The van der Waals surface area contributed by atoms with Crippen molar-refractivity contribution in [1.82, 2.24) is 4.98 Å². The van der Waals surface area contributed by atoms with E-state index in [1.807, 2.05) is 0 Å². The number of hydrogen-bond donors (Lipinski definition) is 1. The lowest BCUT2D eigenvalue weighted by atomic mass is 9.89. The third kappa shape index (κ3) is 1.94. The van der Waals surface area contributed by atoms with Gasteiger partial charge in [-0.25, -0.2) is 0 Å². The average molecular weight is 367 g/mol. The van der Waals surface area contributed by atoms with Crippen molar-refractivity contribution >= 4 is 54.1 Å². The van der Waals surface area contributed by atoms with E-state index in [0.717, 1.165) is 0 Å². The fourth-order valence-corrected chi connectivity index (χ4v) is 5.07. The monoisotopic (exact) mass is 367 g/mol. The van der Waals surface area contributed by atoms with Gasteiger partial charge in [-0.15, -0.1) is 0 Å². The second-order valence-corrected chi connectivity index (χ2v) is 7.87. The molecule has 0 unspecified atom stereocenters. The van der Waals surface area contributed by atoms with Crippen LogP contribution in [0.15, 0.2) is 97.1 Å². The summed E-state index contributed by atoms with van der Waals surface area (Å²) in [5, 5.41) is 10.5. The highest BCUT2D eigenvalue weighted by Gasteiger charge is 2.15. The Morgan fingerprint density at radius 3 is 2.00 bits per heavy atom. The highest BCUT2D eigenvalue weighted by Crippen LogP contribution is 2.41. The molecule has 0 saturated heterocycles. The summed E-state index contributed by atoms with van der Waals surface area (Å²) in [4.78, 5) is 3.67. The molecule has 29 heavy (non-hydrogen) atoms. The zero-order valence-corrected chi connectivity index (χ0v) is 15.7. The van der Waals surface area contributed by atoms with E-state index in [-0.39, 0.29) is 0 Å². The minimum Gasteiger partial charge on any atom is -0.354 e. The molecule has 0 bridgehead atoms. The van der Waals surface area contributed by atoms with Crippen LogP contribution in [0.25, 0.3) is 65.3 Å². The van der Waals surface area contributed by atoms with Gasteiger partial charge in [-0.2, -0.15) is 0 Å². The molecular formula is C28H17N. The van der Waals surface area contributed by atoms with Gasteiger partial charge in [0.05, 0.1) is 5.52 Å². The van der Waals surface area contributed by atoms with E-state index >= 15 is 0 Å². The van der Waals surface area contributed by atoms with Crippen molar-refractivity contribution in [2.24, 2.45) is 0 Å². The number of fused-ring (bicyclic) bond motifs is 3. The third-order valence-corrected chi connectivity index (χ3v) is 6.36. The zero-order valence-electron chi connectivity index (χ0n) is 15.7. The maximum absolute atomic E-state index is 3.67. The van der Waals surface area contributed by atoms with E-state index in [0.29, 0.717) is 0 Å². The second-order valence-electron chi connectivity index (χ2n) is 7.87. The van der Waals surface area contributed by atoms with E-state index in [9.17, 15) is 0 Å². The van der Waals surface area contributed by atoms with Crippen LogP contribution in [0.3, 0.4) is 0 Å². The van der Waals surface area contributed by atoms with Crippen LogP contribution in [0.1, 0.15) is 0 Å². The van der Waals surface area contributed by atoms with Gasteiger partial charge in [-0.05, 0) is 43.9 Å². The lowest BCUT2D eigenvalue weighted by Gasteiger charge is -2.14. The molecule has 0 amide bonds. The molecule has 6 aromatic carbocycles. The van der Waals surface area contributed by atoms with E-state index in [2.05, 4.69) is 102 Å². The number of para-hydroxylation sites is 2. The first-order chi connectivity index (χ1) is 14.4. The first kappa shape index (κ1) is 15.1. The fourth-order valence-electron chi connectivity index (χ4n) is 5.07. The van der Waals surface area contributed by atoms with Gasteiger partial charge < -0.3 is 4.98 Å². The lowest BCUT2D eigenvalue weighted by Crippen LogP contribution is -1.88. The molecule has 1 heteroatoms. The summed E-state index contributed by atoms with van der Waals surface area (Å²) in [5.74, 6) is 0. The molecule has 0 spiro atoms. The summed E-state index contributed by atoms with van der Waals surface area (Å²) in [6, 6.07) is 35.4. The highest BCUT2D eigenvalue weighted by molar-refractivity contribution is 6.26. The topological polar surface area (TPSA) is 15.8 Å². The van der Waals surface area contributed by atoms with Crippen molar-refractivity contribution in [2.75, 3.05) is 0 Å². The van der Waals surface area contributed by atoms with Gasteiger partial charge in [-0.3, -0.25) is 0 Å². The molecule has 0 fully saturated rings. The van der Waals surface area contributed by atoms with Gasteiger partial charge in [0.2, 0.25) is 0 Å². The normalized spacial score (nSPS) is 12.1. The van der Waals surface area contributed by atoms with Gasteiger partial charge in [0.15, 0.2) is 0 Å². The Bertz CT molecular complexity index is 1680. The Balaban J connectivity index is 1.66. The smallest absolute Gasteiger partial charge is 0.0544 e. The molecule has 0 aliphatic heterocycles. The fraction of sp³-hybridized carbons (Fsp3) is 0. The number of aromatic nitrogens is 1. The van der Waals surface area contributed by atoms with Crippen LogP contribution in [0.4, 0.5) is 0 Å². The summed E-state index contributed by atoms with van der Waals surface area (Å²) in [6.07, 6.45) is 0.